The summed E-state index contributed by atoms with van der Waals surface area (Å²) in [5, 5.41) is 4.78. The lowest BCUT2D eigenvalue weighted by atomic mass is 10.2. The number of hydrogen-bond acceptors (Lipinski definition) is 4. The molecule has 2 heterocycles. The van der Waals surface area contributed by atoms with Gasteiger partial charge in [0.1, 0.15) is 0 Å². The molecule has 0 fully saturated rings. The minimum absolute atomic E-state index is 0.0197. The summed E-state index contributed by atoms with van der Waals surface area (Å²) in [6, 6.07) is 8.72. The van der Waals surface area contributed by atoms with E-state index in [1.807, 2.05) is 18.2 Å². The van der Waals surface area contributed by atoms with Crippen molar-refractivity contribution in [3.63, 3.8) is 0 Å². The predicted molar refractivity (Wildman–Crippen MR) is 76.8 cm³/mol. The van der Waals surface area contributed by atoms with Crippen LogP contribution in [0.3, 0.4) is 0 Å². The van der Waals surface area contributed by atoms with E-state index in [0.29, 0.717) is 23.8 Å². The van der Waals surface area contributed by atoms with Gasteiger partial charge < -0.3 is 10.2 Å². The summed E-state index contributed by atoms with van der Waals surface area (Å²) in [6.45, 7) is 0.704. The van der Waals surface area contributed by atoms with E-state index >= 15 is 0 Å². The van der Waals surface area contributed by atoms with E-state index in [0.717, 1.165) is 12.1 Å². The number of carbonyl (C=O) groups is 2. The molecule has 1 aliphatic heterocycles. The lowest BCUT2D eigenvalue weighted by Gasteiger charge is -2.16. The lowest BCUT2D eigenvalue weighted by molar-refractivity contribution is -0.118. The van der Waals surface area contributed by atoms with Crippen LogP contribution in [0.4, 0.5) is 10.8 Å². The van der Waals surface area contributed by atoms with Crippen molar-refractivity contribution in [2.75, 3.05) is 16.8 Å². The van der Waals surface area contributed by atoms with Crippen LogP contribution in [0.15, 0.2) is 23.6 Å². The number of benzene rings is 1. The number of nitrogens with zero attached hydrogens (tertiary/aromatic N) is 2. The average Bonchev–Trinajstić information content (AvgIpc) is 3.06. The highest BCUT2D eigenvalue weighted by Crippen LogP contribution is 2.28. The van der Waals surface area contributed by atoms with Gasteiger partial charge in [0.2, 0.25) is 12.3 Å². The average molecular weight is 286 g/mol. The zero-order valence-corrected chi connectivity index (χ0v) is 11.4. The molecule has 2 amide bonds. The summed E-state index contributed by atoms with van der Waals surface area (Å²) in [5.74, 6) is 0.0197. The summed E-state index contributed by atoms with van der Waals surface area (Å²) in [5.41, 5.74) is 2.80. The molecule has 0 atom stereocenters. The molecule has 1 aliphatic rings. The first kappa shape index (κ1) is 12.8. The molecule has 0 spiro atoms. The number of thiazole rings is 1. The van der Waals surface area contributed by atoms with E-state index in [9.17, 15) is 9.59 Å². The molecule has 101 valence electrons. The predicted octanol–water partition coefficient (Wildman–Crippen LogP) is 1.64. The molecule has 3 rings (SSSR count). The van der Waals surface area contributed by atoms with Crippen molar-refractivity contribution >= 4 is 34.5 Å². The highest BCUT2D eigenvalue weighted by atomic mass is 32.1. The van der Waals surface area contributed by atoms with Gasteiger partial charge >= 0.3 is 0 Å². The van der Waals surface area contributed by atoms with Crippen molar-refractivity contribution in [1.29, 1.82) is 0 Å². The number of rotatable bonds is 4. The zero-order chi connectivity index (χ0) is 13.9. The van der Waals surface area contributed by atoms with Gasteiger partial charge in [-0.05, 0) is 24.1 Å². The molecular weight excluding hydrogens is 274 g/mol. The van der Waals surface area contributed by atoms with Crippen LogP contribution in [0.25, 0.3) is 0 Å². The number of hydrogen-bond donors (Lipinski definition) is 1. The standard InChI is InChI=1S/C14H12N3O2S/c18-9-15-14-16-11(8-20-14)7-13(19)17-6-5-10-3-1-2-4-12(10)17/h1,3-4,8-9H,5-7H2,(H,15,16,18). The number of anilines is 2. The maximum Gasteiger partial charge on any atom is 0.233 e. The Bertz CT molecular complexity index is 653. The van der Waals surface area contributed by atoms with Crippen molar-refractivity contribution in [3.05, 3.63) is 40.9 Å². The quantitative estimate of drug-likeness (QED) is 0.869. The van der Waals surface area contributed by atoms with Crippen LogP contribution in [0.5, 0.6) is 0 Å². The monoisotopic (exact) mass is 286 g/mol. The fourth-order valence-electron chi connectivity index (χ4n) is 2.28. The maximum atomic E-state index is 12.3. The van der Waals surface area contributed by atoms with Crippen LogP contribution in [0.1, 0.15) is 11.3 Å². The Morgan fingerprint density at radius 3 is 3.35 bits per heavy atom. The molecule has 1 aromatic carbocycles. The van der Waals surface area contributed by atoms with E-state index < -0.39 is 0 Å². The van der Waals surface area contributed by atoms with Crippen molar-refractivity contribution in [3.8, 4) is 0 Å². The van der Waals surface area contributed by atoms with E-state index in [-0.39, 0.29) is 12.3 Å². The third-order valence-electron chi connectivity index (χ3n) is 3.19. The molecule has 0 saturated heterocycles. The summed E-state index contributed by atoms with van der Waals surface area (Å²) in [4.78, 5) is 28.6. The van der Waals surface area contributed by atoms with E-state index in [1.54, 1.807) is 10.3 Å². The molecule has 0 unspecified atom stereocenters. The van der Waals surface area contributed by atoms with Crippen LogP contribution < -0.4 is 10.2 Å². The number of nitrogens with one attached hydrogen (secondary N) is 1. The molecule has 5 nitrogen and oxygen atoms in total. The van der Waals surface area contributed by atoms with Gasteiger partial charge in [0.25, 0.3) is 0 Å². The summed E-state index contributed by atoms with van der Waals surface area (Å²) >= 11 is 1.31. The summed E-state index contributed by atoms with van der Waals surface area (Å²) < 4.78 is 0. The zero-order valence-electron chi connectivity index (χ0n) is 10.6. The fraction of sp³-hybridized carbons (Fsp3) is 0.214. The third kappa shape index (κ3) is 2.42. The molecule has 20 heavy (non-hydrogen) atoms. The molecular formula is C14H12N3O2S. The van der Waals surface area contributed by atoms with Gasteiger partial charge in [-0.2, -0.15) is 0 Å². The SMILES string of the molecule is O=CNc1nc(CC(=O)N2CCc3cc[c]cc32)cs1. The topological polar surface area (TPSA) is 62.3 Å². The Kier molecular flexibility index (Phi) is 3.47. The molecule has 0 saturated carbocycles. The Hall–Kier alpha value is -2.21. The third-order valence-corrected chi connectivity index (χ3v) is 4.02. The highest BCUT2D eigenvalue weighted by Gasteiger charge is 2.24. The smallest absolute Gasteiger partial charge is 0.233 e. The van der Waals surface area contributed by atoms with Gasteiger partial charge in [-0.25, -0.2) is 4.98 Å². The van der Waals surface area contributed by atoms with E-state index in [2.05, 4.69) is 16.4 Å². The second-order valence-electron chi connectivity index (χ2n) is 4.43. The van der Waals surface area contributed by atoms with Crippen LogP contribution >= 0.6 is 11.3 Å². The second-order valence-corrected chi connectivity index (χ2v) is 5.29. The van der Waals surface area contributed by atoms with Gasteiger partial charge in [0.05, 0.1) is 12.1 Å². The largest absolute Gasteiger partial charge is 0.311 e. The first-order chi connectivity index (χ1) is 9.78. The van der Waals surface area contributed by atoms with Gasteiger partial charge in [-0.3, -0.25) is 9.59 Å². The maximum absolute atomic E-state index is 12.3. The van der Waals surface area contributed by atoms with Gasteiger partial charge in [0.15, 0.2) is 5.13 Å². The molecule has 1 N–H and O–H groups in total. The highest BCUT2D eigenvalue weighted by molar-refractivity contribution is 7.13. The number of carbonyl (C=O) groups excluding carboxylic acids is 2. The number of aromatic nitrogens is 1. The Labute approximate surface area is 120 Å². The number of fused-ring (bicyclic) bond motifs is 1. The number of amides is 2. The fourth-order valence-corrected chi connectivity index (χ4v) is 2.95. The molecule has 0 bridgehead atoms. The summed E-state index contributed by atoms with van der Waals surface area (Å²) in [7, 11) is 0. The molecule has 6 heteroatoms. The van der Waals surface area contributed by atoms with Crippen molar-refractivity contribution < 1.29 is 9.59 Å². The summed E-state index contributed by atoms with van der Waals surface area (Å²) in [6.07, 6.45) is 1.70. The van der Waals surface area contributed by atoms with Gasteiger partial charge in [-0.1, -0.05) is 12.1 Å². The van der Waals surface area contributed by atoms with Crippen molar-refractivity contribution in [2.24, 2.45) is 0 Å². The Morgan fingerprint density at radius 2 is 2.50 bits per heavy atom. The molecule has 1 aromatic heterocycles. The van der Waals surface area contributed by atoms with Gasteiger partial charge in [-0.15, -0.1) is 11.3 Å². The van der Waals surface area contributed by atoms with Crippen molar-refractivity contribution in [1.82, 2.24) is 4.98 Å². The Balaban J connectivity index is 1.72. The van der Waals surface area contributed by atoms with Crippen LogP contribution in [-0.2, 0) is 22.4 Å². The minimum atomic E-state index is 0.0197. The normalized spacial score (nSPS) is 13.1. The Morgan fingerprint density at radius 1 is 1.60 bits per heavy atom. The van der Waals surface area contributed by atoms with Crippen LogP contribution in [0.2, 0.25) is 0 Å². The first-order valence-electron chi connectivity index (χ1n) is 6.22. The molecule has 0 aliphatic carbocycles. The lowest BCUT2D eigenvalue weighted by Crippen LogP contribution is -2.30. The molecule has 2 aromatic rings. The van der Waals surface area contributed by atoms with E-state index in [1.165, 1.54) is 16.9 Å². The van der Waals surface area contributed by atoms with Crippen LogP contribution in [0, 0.1) is 6.07 Å². The van der Waals surface area contributed by atoms with Crippen LogP contribution in [-0.4, -0.2) is 23.8 Å². The van der Waals surface area contributed by atoms with Crippen molar-refractivity contribution in [2.45, 2.75) is 12.8 Å². The van der Waals surface area contributed by atoms with E-state index in [4.69, 9.17) is 0 Å². The molecule has 1 radical (unpaired) electrons. The van der Waals surface area contributed by atoms with Gasteiger partial charge in [0, 0.05) is 17.6 Å². The second kappa shape index (κ2) is 5.42. The minimum Gasteiger partial charge on any atom is -0.311 e. The first-order valence-corrected chi connectivity index (χ1v) is 7.10.